The second-order valence-corrected chi connectivity index (χ2v) is 10.2. The first-order chi connectivity index (χ1) is 9.84. The molecule has 2 aliphatic rings. The number of benzene rings is 1. The van der Waals surface area contributed by atoms with E-state index in [9.17, 15) is 8.42 Å². The Morgan fingerprint density at radius 2 is 1.86 bits per heavy atom. The number of hydrogen-bond donors (Lipinski definition) is 0. The van der Waals surface area contributed by atoms with Gasteiger partial charge in [0.1, 0.15) is 5.75 Å². The highest BCUT2D eigenvalue weighted by Crippen LogP contribution is 2.48. The Kier molecular flexibility index (Phi) is 4.61. The molecule has 3 rings (SSSR count). The van der Waals surface area contributed by atoms with E-state index in [1.54, 1.807) is 0 Å². The van der Waals surface area contributed by atoms with E-state index >= 15 is 0 Å². The Bertz CT molecular complexity index is 639. The third-order valence-corrected chi connectivity index (χ3v) is 7.09. The zero-order chi connectivity index (χ0) is 15.2. The highest BCUT2D eigenvalue weighted by atomic mass is 79.9. The summed E-state index contributed by atoms with van der Waals surface area (Å²) in [6, 6.07) is 2.95. The molecule has 0 aromatic heterocycles. The molecule has 3 atom stereocenters. The fraction of sp³-hybridized carbons (Fsp3) is 0.571. The summed E-state index contributed by atoms with van der Waals surface area (Å²) < 4.78 is 29.9. The summed E-state index contributed by atoms with van der Waals surface area (Å²) in [5.41, 5.74) is 0. The minimum Gasteiger partial charge on any atom is -0.491 e. The number of rotatable bonds is 4. The van der Waals surface area contributed by atoms with Gasteiger partial charge in [-0.1, -0.05) is 6.42 Å². The molecule has 0 N–H and O–H groups in total. The van der Waals surface area contributed by atoms with E-state index in [4.69, 9.17) is 15.4 Å². The Balaban J connectivity index is 1.74. The lowest BCUT2D eigenvalue weighted by Gasteiger charge is -2.22. The number of halogens is 3. The van der Waals surface area contributed by atoms with Crippen molar-refractivity contribution in [3.8, 4) is 5.75 Å². The van der Waals surface area contributed by atoms with Crippen LogP contribution in [0.15, 0.2) is 26.0 Å². The van der Waals surface area contributed by atoms with Gasteiger partial charge in [-0.15, -0.1) is 0 Å². The van der Waals surface area contributed by atoms with E-state index in [-0.39, 0.29) is 4.90 Å². The van der Waals surface area contributed by atoms with Gasteiger partial charge in [-0.05, 0) is 81.0 Å². The van der Waals surface area contributed by atoms with Crippen LogP contribution in [-0.2, 0) is 9.05 Å². The third-order valence-electron chi connectivity index (χ3n) is 4.58. The zero-order valence-corrected chi connectivity index (χ0v) is 15.9. The molecule has 3 unspecified atom stereocenters. The third kappa shape index (κ3) is 3.43. The Morgan fingerprint density at radius 3 is 2.33 bits per heavy atom. The number of ether oxygens (including phenoxy) is 1. The van der Waals surface area contributed by atoms with E-state index < -0.39 is 9.05 Å². The first-order valence-corrected chi connectivity index (χ1v) is 10.8. The molecule has 0 radical (unpaired) electrons. The standard InChI is InChI=1S/C14H15Br2ClO3S/c15-12-5-11(21(17,18)19)6-13(16)14(12)20-7-10-4-8-1-2-9(10)3-8/h5-6,8-10H,1-4,7H2. The van der Waals surface area contributed by atoms with Gasteiger partial charge in [0.15, 0.2) is 0 Å². The lowest BCUT2D eigenvalue weighted by Crippen LogP contribution is -2.18. The average molecular weight is 459 g/mol. The summed E-state index contributed by atoms with van der Waals surface area (Å²) in [6.07, 6.45) is 5.30. The molecule has 0 amide bonds. The molecule has 0 aliphatic heterocycles. The molecular weight excluding hydrogens is 443 g/mol. The molecular formula is C14H15Br2ClO3S. The second kappa shape index (κ2) is 6.02. The predicted octanol–water partition coefficient (Wildman–Crippen LogP) is 4.95. The SMILES string of the molecule is O=S(=O)(Cl)c1cc(Br)c(OCC2CC3CCC2C3)c(Br)c1. The van der Waals surface area contributed by atoms with Crippen LogP contribution in [0.2, 0.25) is 0 Å². The van der Waals surface area contributed by atoms with Crippen LogP contribution in [0.1, 0.15) is 25.7 Å². The Morgan fingerprint density at radius 1 is 1.19 bits per heavy atom. The summed E-state index contributed by atoms with van der Waals surface area (Å²) in [4.78, 5) is 0.0511. The maximum atomic E-state index is 11.4. The van der Waals surface area contributed by atoms with E-state index in [1.165, 1.54) is 37.8 Å². The van der Waals surface area contributed by atoms with Gasteiger partial charge in [0, 0.05) is 10.7 Å². The normalized spacial score (nSPS) is 28.0. The fourth-order valence-corrected chi connectivity index (χ4v) is 6.09. The summed E-state index contributed by atoms with van der Waals surface area (Å²) in [6.45, 7) is 0.686. The molecule has 2 saturated carbocycles. The minimum absolute atomic E-state index is 0.0511. The highest BCUT2D eigenvalue weighted by Gasteiger charge is 2.39. The molecule has 2 aliphatic carbocycles. The van der Waals surface area contributed by atoms with E-state index in [2.05, 4.69) is 31.9 Å². The van der Waals surface area contributed by atoms with Crippen molar-refractivity contribution >= 4 is 51.6 Å². The predicted molar refractivity (Wildman–Crippen MR) is 89.3 cm³/mol. The zero-order valence-electron chi connectivity index (χ0n) is 11.2. The first kappa shape index (κ1) is 16.1. The molecule has 0 spiro atoms. The van der Waals surface area contributed by atoms with Crippen LogP contribution in [0.25, 0.3) is 0 Å². The van der Waals surface area contributed by atoms with Crippen LogP contribution >= 0.6 is 42.5 Å². The van der Waals surface area contributed by atoms with Gasteiger partial charge >= 0.3 is 0 Å². The van der Waals surface area contributed by atoms with Crippen molar-refractivity contribution in [1.29, 1.82) is 0 Å². The quantitative estimate of drug-likeness (QED) is 0.600. The summed E-state index contributed by atoms with van der Waals surface area (Å²) in [5.74, 6) is 2.95. The van der Waals surface area contributed by atoms with E-state index in [0.717, 1.165) is 11.8 Å². The maximum Gasteiger partial charge on any atom is 0.261 e. The average Bonchev–Trinajstić information content (AvgIpc) is 2.98. The summed E-state index contributed by atoms with van der Waals surface area (Å²) in [5, 5.41) is 0. The largest absolute Gasteiger partial charge is 0.491 e. The van der Waals surface area contributed by atoms with Crippen molar-refractivity contribution in [1.82, 2.24) is 0 Å². The Labute approximate surface area is 146 Å². The van der Waals surface area contributed by atoms with Gasteiger partial charge in [-0.2, -0.15) is 0 Å². The molecule has 21 heavy (non-hydrogen) atoms. The van der Waals surface area contributed by atoms with Crippen LogP contribution in [-0.4, -0.2) is 15.0 Å². The molecule has 0 heterocycles. The topological polar surface area (TPSA) is 43.4 Å². The molecule has 2 bridgehead atoms. The van der Waals surface area contributed by atoms with Crippen molar-refractivity contribution < 1.29 is 13.2 Å². The van der Waals surface area contributed by atoms with Crippen LogP contribution in [0, 0.1) is 17.8 Å². The van der Waals surface area contributed by atoms with Crippen molar-refractivity contribution in [2.45, 2.75) is 30.6 Å². The highest BCUT2D eigenvalue weighted by molar-refractivity contribution is 9.11. The van der Waals surface area contributed by atoms with Crippen LogP contribution in [0.5, 0.6) is 5.75 Å². The molecule has 7 heteroatoms. The molecule has 1 aromatic rings. The minimum atomic E-state index is -3.75. The van der Waals surface area contributed by atoms with Gasteiger partial charge in [0.05, 0.1) is 20.4 Å². The van der Waals surface area contributed by atoms with Crippen LogP contribution in [0.4, 0.5) is 0 Å². The lowest BCUT2D eigenvalue weighted by molar-refractivity contribution is 0.193. The molecule has 3 nitrogen and oxygen atoms in total. The Hall–Kier alpha value is 0.220. The van der Waals surface area contributed by atoms with Crippen LogP contribution in [0.3, 0.4) is 0 Å². The smallest absolute Gasteiger partial charge is 0.261 e. The van der Waals surface area contributed by atoms with E-state index in [0.29, 0.717) is 27.2 Å². The van der Waals surface area contributed by atoms with E-state index in [1.807, 2.05) is 0 Å². The van der Waals surface area contributed by atoms with Gasteiger partial charge in [-0.3, -0.25) is 0 Å². The summed E-state index contributed by atoms with van der Waals surface area (Å²) >= 11 is 6.73. The molecule has 2 fully saturated rings. The van der Waals surface area contributed by atoms with Gasteiger partial charge in [-0.25, -0.2) is 8.42 Å². The van der Waals surface area contributed by atoms with Gasteiger partial charge in [0.25, 0.3) is 9.05 Å². The van der Waals surface area contributed by atoms with Crippen molar-refractivity contribution in [2.75, 3.05) is 6.61 Å². The fourth-order valence-electron chi connectivity index (χ4n) is 3.59. The lowest BCUT2D eigenvalue weighted by atomic mass is 9.89. The second-order valence-electron chi connectivity index (χ2n) is 5.90. The van der Waals surface area contributed by atoms with Gasteiger partial charge < -0.3 is 4.74 Å². The number of fused-ring (bicyclic) bond motifs is 2. The molecule has 0 saturated heterocycles. The van der Waals surface area contributed by atoms with Crippen molar-refractivity contribution in [2.24, 2.45) is 17.8 Å². The van der Waals surface area contributed by atoms with Crippen molar-refractivity contribution in [3.05, 3.63) is 21.1 Å². The van der Waals surface area contributed by atoms with Gasteiger partial charge in [0.2, 0.25) is 0 Å². The van der Waals surface area contributed by atoms with Crippen molar-refractivity contribution in [3.63, 3.8) is 0 Å². The maximum absolute atomic E-state index is 11.4. The van der Waals surface area contributed by atoms with Crippen LogP contribution < -0.4 is 4.74 Å². The monoisotopic (exact) mass is 456 g/mol. The number of hydrogen-bond acceptors (Lipinski definition) is 3. The first-order valence-electron chi connectivity index (χ1n) is 6.91. The molecule has 1 aromatic carbocycles. The molecule has 116 valence electrons. The summed E-state index contributed by atoms with van der Waals surface area (Å²) in [7, 11) is 1.62.